The molecule has 0 aromatic carbocycles. The molecule has 2 saturated heterocycles. The minimum absolute atomic E-state index is 0.858. The Labute approximate surface area is 201 Å². The molecule has 34 heavy (non-hydrogen) atoms. The maximum absolute atomic E-state index is 5.03. The average molecular weight is 456 g/mol. The van der Waals surface area contributed by atoms with Gasteiger partial charge in [0.25, 0.3) is 0 Å². The van der Waals surface area contributed by atoms with Crippen LogP contribution in [0, 0.1) is 11.8 Å². The summed E-state index contributed by atoms with van der Waals surface area (Å²) in [5.41, 5.74) is 4.61. The van der Waals surface area contributed by atoms with Crippen LogP contribution in [0.25, 0.3) is 27.9 Å². The number of nitrogens with one attached hydrogen (secondary N) is 2. The third-order valence-electron chi connectivity index (χ3n) is 7.28. The van der Waals surface area contributed by atoms with Crippen LogP contribution < -0.4 is 10.2 Å². The molecular formula is C27H33N7. The monoisotopic (exact) mass is 455 g/mol. The van der Waals surface area contributed by atoms with Crippen molar-refractivity contribution in [2.45, 2.75) is 32.6 Å². The van der Waals surface area contributed by atoms with Crippen LogP contribution in [0.5, 0.6) is 0 Å². The molecule has 0 unspecified atom stereocenters. The van der Waals surface area contributed by atoms with Gasteiger partial charge in [-0.05, 0) is 94.1 Å². The molecule has 0 amide bonds. The molecule has 2 N–H and O–H groups in total. The van der Waals surface area contributed by atoms with E-state index in [0.29, 0.717) is 0 Å². The number of pyridine rings is 2. The molecule has 5 rings (SSSR count). The first-order chi connectivity index (χ1) is 16.7. The number of anilines is 1. The number of aromatic amines is 1. The van der Waals surface area contributed by atoms with E-state index in [0.717, 1.165) is 64.3 Å². The van der Waals surface area contributed by atoms with Gasteiger partial charge in [-0.3, -0.25) is 15.1 Å². The van der Waals surface area contributed by atoms with Gasteiger partial charge in [0.15, 0.2) is 0 Å². The Morgan fingerprint density at radius 2 is 1.94 bits per heavy atom. The summed E-state index contributed by atoms with van der Waals surface area (Å²) in [6.07, 6.45) is 12.5. The molecule has 2 fully saturated rings. The third-order valence-corrected chi connectivity index (χ3v) is 7.28. The van der Waals surface area contributed by atoms with Crippen molar-refractivity contribution in [3.8, 4) is 11.4 Å². The molecule has 0 radical (unpaired) electrons. The van der Waals surface area contributed by atoms with Crippen LogP contribution in [0.15, 0.2) is 53.8 Å². The fourth-order valence-corrected chi connectivity index (χ4v) is 5.31. The zero-order valence-electron chi connectivity index (χ0n) is 19.9. The molecule has 2 aliphatic rings. The van der Waals surface area contributed by atoms with Crippen LogP contribution in [0.2, 0.25) is 0 Å². The second-order valence-electron chi connectivity index (χ2n) is 9.35. The number of hydrogen-bond acceptors (Lipinski definition) is 6. The van der Waals surface area contributed by atoms with E-state index in [2.05, 4.69) is 55.3 Å². The van der Waals surface area contributed by atoms with E-state index in [4.69, 9.17) is 4.98 Å². The number of hydrogen-bond donors (Lipinski definition) is 2. The Hall–Kier alpha value is -3.32. The summed E-state index contributed by atoms with van der Waals surface area (Å²) in [5.74, 6) is 2.79. The lowest BCUT2D eigenvalue weighted by Crippen LogP contribution is -2.39. The minimum Gasteiger partial charge on any atom is -0.357 e. The normalized spacial score (nSPS) is 18.7. The van der Waals surface area contributed by atoms with Crippen LogP contribution in [-0.4, -0.2) is 53.1 Å². The van der Waals surface area contributed by atoms with E-state index in [1.54, 1.807) is 6.20 Å². The van der Waals surface area contributed by atoms with Crippen molar-refractivity contribution in [2.75, 3.05) is 31.1 Å². The SMILES string of the molecule is C=N/C=C\C=C(/C)c1cc2c(-c3cccc(N4CCC(C5CCNCC5)CC4)n3)n[nH]c2cn1. The lowest BCUT2D eigenvalue weighted by atomic mass is 9.79. The molecule has 3 aromatic rings. The van der Waals surface area contributed by atoms with Gasteiger partial charge < -0.3 is 10.2 Å². The van der Waals surface area contributed by atoms with Gasteiger partial charge in [-0.25, -0.2) is 4.98 Å². The van der Waals surface area contributed by atoms with Gasteiger partial charge in [-0.1, -0.05) is 12.1 Å². The van der Waals surface area contributed by atoms with E-state index in [-0.39, 0.29) is 0 Å². The number of H-pyrrole nitrogens is 1. The molecule has 0 saturated carbocycles. The minimum atomic E-state index is 0.858. The summed E-state index contributed by atoms with van der Waals surface area (Å²) in [7, 11) is 0. The van der Waals surface area contributed by atoms with Crippen molar-refractivity contribution in [2.24, 2.45) is 16.8 Å². The van der Waals surface area contributed by atoms with Crippen molar-refractivity contribution in [1.82, 2.24) is 25.5 Å². The van der Waals surface area contributed by atoms with E-state index in [1.807, 2.05) is 31.3 Å². The smallest absolute Gasteiger partial charge is 0.129 e. The zero-order valence-corrected chi connectivity index (χ0v) is 19.9. The maximum atomic E-state index is 5.03. The van der Waals surface area contributed by atoms with Crippen molar-refractivity contribution in [1.29, 1.82) is 0 Å². The molecule has 3 aromatic heterocycles. The molecular weight excluding hydrogens is 422 g/mol. The first kappa shape index (κ1) is 22.5. The van der Waals surface area contributed by atoms with Gasteiger partial charge >= 0.3 is 0 Å². The average Bonchev–Trinajstić information content (AvgIpc) is 3.33. The topological polar surface area (TPSA) is 82.1 Å². The molecule has 176 valence electrons. The molecule has 7 nitrogen and oxygen atoms in total. The predicted molar refractivity (Wildman–Crippen MR) is 140 cm³/mol. The van der Waals surface area contributed by atoms with Crippen molar-refractivity contribution in [3.63, 3.8) is 0 Å². The highest BCUT2D eigenvalue weighted by molar-refractivity contribution is 5.93. The quantitative estimate of drug-likeness (QED) is 0.410. The number of aliphatic imine (C=N–C) groups is 1. The van der Waals surface area contributed by atoms with Crippen molar-refractivity contribution < 1.29 is 0 Å². The van der Waals surface area contributed by atoms with Gasteiger partial charge in [0.2, 0.25) is 0 Å². The van der Waals surface area contributed by atoms with Gasteiger partial charge in [0.05, 0.1) is 23.1 Å². The summed E-state index contributed by atoms with van der Waals surface area (Å²) in [6.45, 7) is 10.0. The van der Waals surface area contributed by atoms with Crippen LogP contribution >= 0.6 is 0 Å². The lowest BCUT2D eigenvalue weighted by Gasteiger charge is -2.38. The van der Waals surface area contributed by atoms with Crippen molar-refractivity contribution in [3.05, 3.63) is 54.5 Å². The number of aromatic nitrogens is 4. The second-order valence-corrected chi connectivity index (χ2v) is 9.35. The standard InChI is InChI=1S/C27H33N7/c1-19(5-4-12-28-2)24-17-22-25(18-30-24)32-33-27(22)23-6-3-7-26(31-23)34-15-10-21(11-16-34)20-8-13-29-14-9-20/h3-7,12,17-18,20-21,29H,2,8-11,13-16H2,1H3,(H,32,33)/b12-4-,19-5+. The highest BCUT2D eigenvalue weighted by Crippen LogP contribution is 2.33. The molecule has 0 atom stereocenters. The van der Waals surface area contributed by atoms with Gasteiger partial charge in [0.1, 0.15) is 11.5 Å². The molecule has 0 aliphatic carbocycles. The van der Waals surface area contributed by atoms with E-state index < -0.39 is 0 Å². The number of rotatable bonds is 6. The summed E-state index contributed by atoms with van der Waals surface area (Å²) in [5, 5.41) is 12.2. The Morgan fingerprint density at radius 1 is 1.15 bits per heavy atom. The van der Waals surface area contributed by atoms with Crippen LogP contribution in [-0.2, 0) is 0 Å². The largest absolute Gasteiger partial charge is 0.357 e. The fourth-order valence-electron chi connectivity index (χ4n) is 5.31. The molecule has 2 aliphatic heterocycles. The Morgan fingerprint density at radius 3 is 2.74 bits per heavy atom. The second kappa shape index (κ2) is 10.3. The van der Waals surface area contributed by atoms with Gasteiger partial charge in [-0.15, -0.1) is 0 Å². The number of allylic oxidation sites excluding steroid dienone is 3. The number of piperidine rings is 2. The zero-order chi connectivity index (χ0) is 23.3. The van der Waals surface area contributed by atoms with E-state index in [1.165, 1.54) is 38.8 Å². The maximum Gasteiger partial charge on any atom is 0.129 e. The van der Waals surface area contributed by atoms with Gasteiger partial charge in [0, 0.05) is 24.7 Å². The van der Waals surface area contributed by atoms with Crippen LogP contribution in [0.4, 0.5) is 5.82 Å². The fraction of sp³-hybridized carbons (Fsp3) is 0.407. The lowest BCUT2D eigenvalue weighted by molar-refractivity contribution is 0.222. The van der Waals surface area contributed by atoms with Gasteiger partial charge in [-0.2, -0.15) is 5.10 Å². The summed E-state index contributed by atoms with van der Waals surface area (Å²) < 4.78 is 0. The molecule has 7 heteroatoms. The summed E-state index contributed by atoms with van der Waals surface area (Å²) in [6, 6.07) is 8.34. The highest BCUT2D eigenvalue weighted by atomic mass is 15.2. The molecule has 5 heterocycles. The summed E-state index contributed by atoms with van der Waals surface area (Å²) in [4.78, 5) is 15.8. The first-order valence-corrected chi connectivity index (χ1v) is 12.3. The first-order valence-electron chi connectivity index (χ1n) is 12.3. The highest BCUT2D eigenvalue weighted by Gasteiger charge is 2.28. The molecule has 0 spiro atoms. The Balaban J connectivity index is 1.35. The van der Waals surface area contributed by atoms with E-state index >= 15 is 0 Å². The van der Waals surface area contributed by atoms with E-state index in [9.17, 15) is 0 Å². The van der Waals surface area contributed by atoms with Crippen LogP contribution in [0.3, 0.4) is 0 Å². The van der Waals surface area contributed by atoms with Crippen molar-refractivity contribution >= 4 is 29.0 Å². The Bertz CT molecular complexity index is 1190. The molecule has 0 bridgehead atoms. The number of fused-ring (bicyclic) bond motifs is 1. The predicted octanol–water partition coefficient (Wildman–Crippen LogP) is 4.85. The van der Waals surface area contributed by atoms with Crippen LogP contribution in [0.1, 0.15) is 38.3 Å². The summed E-state index contributed by atoms with van der Waals surface area (Å²) >= 11 is 0. The third kappa shape index (κ3) is 4.80. The number of nitrogens with zero attached hydrogens (tertiary/aromatic N) is 5. The Kier molecular flexibility index (Phi) is 6.81.